The van der Waals surface area contributed by atoms with Gasteiger partial charge in [-0.25, -0.2) is 18.7 Å². The Morgan fingerprint density at radius 1 is 0.923 bits per heavy atom. The van der Waals surface area contributed by atoms with Gasteiger partial charge in [0, 0.05) is 17.8 Å². The van der Waals surface area contributed by atoms with E-state index in [1.165, 1.54) is 12.4 Å². The maximum Gasteiger partial charge on any atom is 0.231 e. The standard InChI is InChI=1S/C17H13F2N5O2/c18-9-1-3-12(11(19)5-9)24-17-15(20)16(21-7-22-17)23-10-2-4-13-14(6-10)26-8-25-13/h1-7H,8,20H2,(H2,21,22,23,24). The van der Waals surface area contributed by atoms with E-state index in [0.29, 0.717) is 23.0 Å². The SMILES string of the molecule is Nc1c(Nc2ccc3c(c2)OCO3)ncnc1Nc1ccc(F)cc1F. The van der Waals surface area contributed by atoms with Gasteiger partial charge in [-0.3, -0.25) is 0 Å². The number of hydrogen-bond donors (Lipinski definition) is 3. The van der Waals surface area contributed by atoms with Crippen LogP contribution in [0.15, 0.2) is 42.7 Å². The van der Waals surface area contributed by atoms with Gasteiger partial charge in [-0.2, -0.15) is 0 Å². The predicted molar refractivity (Wildman–Crippen MR) is 91.9 cm³/mol. The van der Waals surface area contributed by atoms with Crippen LogP contribution >= 0.6 is 0 Å². The maximum atomic E-state index is 13.8. The number of ether oxygens (including phenoxy) is 2. The Kier molecular flexibility index (Phi) is 3.88. The molecule has 0 saturated carbocycles. The fourth-order valence-corrected chi connectivity index (χ4v) is 2.42. The van der Waals surface area contributed by atoms with Gasteiger partial charge in [0.15, 0.2) is 23.1 Å². The normalized spacial score (nSPS) is 12.1. The number of anilines is 5. The van der Waals surface area contributed by atoms with Crippen LogP contribution in [0.25, 0.3) is 0 Å². The second-order valence-corrected chi connectivity index (χ2v) is 5.43. The molecule has 9 heteroatoms. The molecule has 1 aromatic heterocycles. The number of benzene rings is 2. The topological polar surface area (TPSA) is 94.3 Å². The Balaban J connectivity index is 1.59. The Bertz CT molecular complexity index is 983. The summed E-state index contributed by atoms with van der Waals surface area (Å²) in [6, 6.07) is 8.45. The number of nitrogen functional groups attached to an aromatic ring is 1. The molecule has 4 rings (SSSR count). The Labute approximate surface area is 146 Å². The zero-order valence-corrected chi connectivity index (χ0v) is 13.3. The van der Waals surface area contributed by atoms with Crippen molar-refractivity contribution in [3.63, 3.8) is 0 Å². The molecule has 0 atom stereocenters. The van der Waals surface area contributed by atoms with Gasteiger partial charge in [0.25, 0.3) is 0 Å². The maximum absolute atomic E-state index is 13.8. The molecular weight excluding hydrogens is 344 g/mol. The average Bonchev–Trinajstić information content (AvgIpc) is 3.08. The van der Waals surface area contributed by atoms with Crippen LogP contribution in [0.3, 0.4) is 0 Å². The number of aromatic nitrogens is 2. The molecule has 0 amide bonds. The van der Waals surface area contributed by atoms with Crippen molar-refractivity contribution in [3.05, 3.63) is 54.4 Å². The number of rotatable bonds is 4. The van der Waals surface area contributed by atoms with Crippen LogP contribution < -0.4 is 25.8 Å². The van der Waals surface area contributed by atoms with Gasteiger partial charge in [0.1, 0.15) is 23.6 Å². The number of fused-ring (bicyclic) bond motifs is 1. The molecule has 1 aliphatic rings. The van der Waals surface area contributed by atoms with Gasteiger partial charge < -0.3 is 25.8 Å². The van der Waals surface area contributed by atoms with Crippen molar-refractivity contribution in [2.75, 3.05) is 23.2 Å². The largest absolute Gasteiger partial charge is 0.454 e. The van der Waals surface area contributed by atoms with Crippen LogP contribution in [0.1, 0.15) is 0 Å². The molecule has 3 aromatic rings. The van der Waals surface area contributed by atoms with Crippen LogP contribution in [0, 0.1) is 11.6 Å². The lowest BCUT2D eigenvalue weighted by atomic mass is 10.2. The summed E-state index contributed by atoms with van der Waals surface area (Å²) in [7, 11) is 0. The molecule has 4 N–H and O–H groups in total. The summed E-state index contributed by atoms with van der Waals surface area (Å²) in [5.41, 5.74) is 6.97. The second kappa shape index (κ2) is 6.36. The smallest absolute Gasteiger partial charge is 0.231 e. The summed E-state index contributed by atoms with van der Waals surface area (Å²) in [4.78, 5) is 8.10. The lowest BCUT2D eigenvalue weighted by Gasteiger charge is -2.13. The van der Waals surface area contributed by atoms with Gasteiger partial charge in [0.05, 0.1) is 5.69 Å². The summed E-state index contributed by atoms with van der Waals surface area (Å²) in [6.07, 6.45) is 1.27. The summed E-state index contributed by atoms with van der Waals surface area (Å²) in [5, 5.41) is 5.78. The van der Waals surface area contributed by atoms with Crippen molar-refractivity contribution < 1.29 is 18.3 Å². The molecule has 7 nitrogen and oxygen atoms in total. The number of nitrogens with zero attached hydrogens (tertiary/aromatic N) is 2. The van der Waals surface area contributed by atoms with Crippen LogP contribution in [0.2, 0.25) is 0 Å². The zero-order chi connectivity index (χ0) is 18.1. The average molecular weight is 357 g/mol. The Hall–Kier alpha value is -3.62. The van der Waals surface area contributed by atoms with Crippen molar-refractivity contribution in [3.8, 4) is 11.5 Å². The van der Waals surface area contributed by atoms with Crippen molar-refractivity contribution in [1.29, 1.82) is 0 Å². The third-order valence-corrected chi connectivity index (χ3v) is 3.70. The van der Waals surface area contributed by atoms with Gasteiger partial charge in [-0.05, 0) is 24.3 Å². The van der Waals surface area contributed by atoms with E-state index in [4.69, 9.17) is 15.2 Å². The number of nitrogens with two attached hydrogens (primary N) is 1. The minimum atomic E-state index is -0.756. The minimum absolute atomic E-state index is 0.0471. The van der Waals surface area contributed by atoms with Crippen molar-refractivity contribution in [2.24, 2.45) is 0 Å². The molecule has 0 bridgehead atoms. The molecule has 0 saturated heterocycles. The first-order valence-corrected chi connectivity index (χ1v) is 7.59. The van der Waals surface area contributed by atoms with Gasteiger partial charge in [-0.1, -0.05) is 0 Å². The van der Waals surface area contributed by atoms with Crippen molar-refractivity contribution in [1.82, 2.24) is 9.97 Å². The lowest BCUT2D eigenvalue weighted by Crippen LogP contribution is -2.06. The van der Waals surface area contributed by atoms with Crippen LogP contribution in [0.5, 0.6) is 11.5 Å². The van der Waals surface area contributed by atoms with Gasteiger partial charge >= 0.3 is 0 Å². The first kappa shape index (κ1) is 15.9. The molecule has 0 unspecified atom stereocenters. The van der Waals surface area contributed by atoms with Gasteiger partial charge in [-0.15, -0.1) is 0 Å². The lowest BCUT2D eigenvalue weighted by molar-refractivity contribution is 0.174. The van der Waals surface area contributed by atoms with E-state index in [2.05, 4.69) is 20.6 Å². The van der Waals surface area contributed by atoms with Crippen LogP contribution in [-0.4, -0.2) is 16.8 Å². The van der Waals surface area contributed by atoms with E-state index >= 15 is 0 Å². The Morgan fingerprint density at radius 3 is 2.50 bits per heavy atom. The highest BCUT2D eigenvalue weighted by Crippen LogP contribution is 2.36. The number of halogens is 2. The van der Waals surface area contributed by atoms with E-state index < -0.39 is 11.6 Å². The highest BCUT2D eigenvalue weighted by molar-refractivity contribution is 5.80. The van der Waals surface area contributed by atoms with Crippen molar-refractivity contribution in [2.45, 2.75) is 0 Å². The first-order valence-electron chi connectivity index (χ1n) is 7.59. The molecule has 0 spiro atoms. The molecule has 0 fully saturated rings. The molecule has 0 radical (unpaired) electrons. The summed E-state index contributed by atoms with van der Waals surface area (Å²) >= 11 is 0. The summed E-state index contributed by atoms with van der Waals surface area (Å²) in [6.45, 7) is 0.172. The molecule has 2 aromatic carbocycles. The number of nitrogens with one attached hydrogen (secondary N) is 2. The van der Waals surface area contributed by atoms with E-state index in [1.54, 1.807) is 18.2 Å². The molecule has 1 aliphatic heterocycles. The Morgan fingerprint density at radius 2 is 1.69 bits per heavy atom. The molecule has 0 aliphatic carbocycles. The first-order chi connectivity index (χ1) is 12.6. The fourth-order valence-electron chi connectivity index (χ4n) is 2.42. The molecule has 2 heterocycles. The minimum Gasteiger partial charge on any atom is -0.454 e. The quantitative estimate of drug-likeness (QED) is 0.657. The predicted octanol–water partition coefficient (Wildman–Crippen LogP) is 3.55. The van der Waals surface area contributed by atoms with E-state index in [0.717, 1.165) is 12.1 Å². The van der Waals surface area contributed by atoms with Crippen LogP contribution in [0.4, 0.5) is 37.5 Å². The summed E-state index contributed by atoms with van der Waals surface area (Å²) in [5.74, 6) is 0.342. The molecule has 132 valence electrons. The molecular formula is C17H13F2N5O2. The van der Waals surface area contributed by atoms with E-state index in [9.17, 15) is 8.78 Å². The molecule has 26 heavy (non-hydrogen) atoms. The zero-order valence-electron chi connectivity index (χ0n) is 13.3. The summed E-state index contributed by atoms with van der Waals surface area (Å²) < 4.78 is 37.4. The highest BCUT2D eigenvalue weighted by atomic mass is 19.1. The van der Waals surface area contributed by atoms with E-state index in [1.807, 2.05) is 0 Å². The fraction of sp³-hybridized carbons (Fsp3) is 0.0588. The number of hydrogen-bond acceptors (Lipinski definition) is 7. The van der Waals surface area contributed by atoms with Crippen molar-refractivity contribution >= 4 is 28.7 Å². The third-order valence-electron chi connectivity index (χ3n) is 3.70. The highest BCUT2D eigenvalue weighted by Gasteiger charge is 2.15. The van der Waals surface area contributed by atoms with E-state index in [-0.39, 0.29) is 24.0 Å². The monoisotopic (exact) mass is 357 g/mol. The second-order valence-electron chi connectivity index (χ2n) is 5.43. The van der Waals surface area contributed by atoms with Gasteiger partial charge in [0.2, 0.25) is 6.79 Å². The van der Waals surface area contributed by atoms with Crippen LogP contribution in [-0.2, 0) is 0 Å². The third kappa shape index (κ3) is 3.02.